The van der Waals surface area contributed by atoms with E-state index < -0.39 is 0 Å². The molecule has 1 fully saturated rings. The molecule has 0 amide bonds. The molecule has 1 rings (SSSR count). The van der Waals surface area contributed by atoms with Crippen LogP contribution in [0.4, 0.5) is 0 Å². The lowest BCUT2D eigenvalue weighted by atomic mass is 9.86. The van der Waals surface area contributed by atoms with Gasteiger partial charge < -0.3 is 4.74 Å². The molecule has 0 saturated heterocycles. The predicted octanol–water partition coefficient (Wildman–Crippen LogP) is 4.58. The average Bonchev–Trinajstić information content (AvgIpc) is 2.17. The molecule has 1 nitrogen and oxygen atoms in total. The highest BCUT2D eigenvalue weighted by atomic mass is 127. The summed E-state index contributed by atoms with van der Waals surface area (Å²) >= 11 is 2.50. The van der Waals surface area contributed by atoms with Crippen LogP contribution in [0.25, 0.3) is 0 Å². The van der Waals surface area contributed by atoms with Gasteiger partial charge >= 0.3 is 0 Å². The van der Waals surface area contributed by atoms with E-state index >= 15 is 0 Å². The number of ether oxygens (including phenoxy) is 1. The van der Waals surface area contributed by atoms with E-state index in [0.717, 1.165) is 11.0 Å². The molecule has 0 atom stereocenters. The minimum atomic E-state index is 0.226. The molecule has 0 aromatic rings. The minimum absolute atomic E-state index is 0.226. The third kappa shape index (κ3) is 5.03. The van der Waals surface area contributed by atoms with E-state index in [4.69, 9.17) is 4.74 Å². The molecule has 0 aromatic heterocycles. The molecule has 1 aliphatic carbocycles. The van der Waals surface area contributed by atoms with Gasteiger partial charge in [0.1, 0.15) is 0 Å². The van der Waals surface area contributed by atoms with Crippen LogP contribution in [0.2, 0.25) is 0 Å². The Morgan fingerprint density at radius 2 is 1.73 bits per heavy atom. The van der Waals surface area contributed by atoms with Crippen LogP contribution in [0.3, 0.4) is 0 Å². The Kier molecular flexibility index (Phi) is 5.37. The Morgan fingerprint density at radius 1 is 1.13 bits per heavy atom. The second kappa shape index (κ2) is 5.85. The van der Waals surface area contributed by atoms with E-state index in [2.05, 4.69) is 43.4 Å². The number of halogens is 1. The minimum Gasteiger partial charge on any atom is -0.374 e. The van der Waals surface area contributed by atoms with Crippen LogP contribution in [0.15, 0.2) is 0 Å². The topological polar surface area (TPSA) is 9.23 Å². The van der Waals surface area contributed by atoms with Crippen molar-refractivity contribution in [3.05, 3.63) is 0 Å². The van der Waals surface area contributed by atoms with Crippen LogP contribution in [-0.4, -0.2) is 16.6 Å². The first-order valence-electron chi connectivity index (χ1n) is 6.17. The second-order valence-electron chi connectivity index (χ2n) is 6.04. The summed E-state index contributed by atoms with van der Waals surface area (Å²) in [5.41, 5.74) is 0.630. The van der Waals surface area contributed by atoms with E-state index in [1.807, 2.05) is 0 Å². The Balaban J connectivity index is 2.33. The molecule has 0 heterocycles. The Morgan fingerprint density at radius 3 is 2.20 bits per heavy atom. The van der Waals surface area contributed by atoms with Crippen molar-refractivity contribution in [3.8, 4) is 0 Å². The third-order valence-electron chi connectivity index (χ3n) is 3.27. The smallest absolute Gasteiger partial charge is 0.0771 e. The number of rotatable bonds is 4. The van der Waals surface area contributed by atoms with Crippen LogP contribution in [0.5, 0.6) is 0 Å². The van der Waals surface area contributed by atoms with Crippen molar-refractivity contribution in [2.75, 3.05) is 11.0 Å². The van der Waals surface area contributed by atoms with Crippen molar-refractivity contribution in [2.45, 2.75) is 64.9 Å². The highest BCUT2D eigenvalue weighted by molar-refractivity contribution is 14.1. The molecule has 2 heteroatoms. The van der Waals surface area contributed by atoms with Crippen LogP contribution < -0.4 is 0 Å². The first kappa shape index (κ1) is 13.8. The molecule has 0 spiro atoms. The van der Waals surface area contributed by atoms with Gasteiger partial charge in [0.05, 0.1) is 5.60 Å². The first-order chi connectivity index (χ1) is 6.97. The van der Waals surface area contributed by atoms with E-state index in [1.54, 1.807) is 0 Å². The van der Waals surface area contributed by atoms with Gasteiger partial charge in [-0.15, -0.1) is 0 Å². The lowest BCUT2D eigenvalue weighted by molar-refractivity contribution is -0.0579. The van der Waals surface area contributed by atoms with Crippen molar-refractivity contribution < 1.29 is 4.74 Å². The molecule has 0 aliphatic heterocycles. The number of hydrogen-bond acceptors (Lipinski definition) is 1. The second-order valence-corrected chi connectivity index (χ2v) is 6.80. The van der Waals surface area contributed by atoms with E-state index in [1.165, 1.54) is 38.5 Å². The van der Waals surface area contributed by atoms with Gasteiger partial charge in [-0.05, 0) is 24.7 Å². The summed E-state index contributed by atoms with van der Waals surface area (Å²) in [5, 5.41) is 0. The standard InChI is InChI=1S/C13H25IO/c1-12(2,3)9-10-15-13(11-14)7-5-4-6-8-13/h4-11H2,1-3H3. The maximum Gasteiger partial charge on any atom is 0.0771 e. The van der Waals surface area contributed by atoms with Gasteiger partial charge in [0.25, 0.3) is 0 Å². The summed E-state index contributed by atoms with van der Waals surface area (Å²) in [6.07, 6.45) is 7.85. The van der Waals surface area contributed by atoms with Gasteiger partial charge in [-0.1, -0.05) is 62.6 Å². The first-order valence-corrected chi connectivity index (χ1v) is 7.70. The number of hydrogen-bond donors (Lipinski definition) is 0. The van der Waals surface area contributed by atoms with Crippen LogP contribution in [-0.2, 0) is 4.74 Å². The molecule has 0 radical (unpaired) electrons. The fraction of sp³-hybridized carbons (Fsp3) is 1.00. The molecule has 90 valence electrons. The van der Waals surface area contributed by atoms with Gasteiger partial charge in [-0.3, -0.25) is 0 Å². The largest absolute Gasteiger partial charge is 0.374 e. The van der Waals surface area contributed by atoms with Crippen molar-refractivity contribution in [3.63, 3.8) is 0 Å². The van der Waals surface area contributed by atoms with Gasteiger partial charge in [0.2, 0.25) is 0 Å². The van der Waals surface area contributed by atoms with Crippen molar-refractivity contribution in [1.29, 1.82) is 0 Å². The zero-order valence-electron chi connectivity index (χ0n) is 10.4. The van der Waals surface area contributed by atoms with Crippen LogP contribution >= 0.6 is 22.6 Å². The van der Waals surface area contributed by atoms with Crippen molar-refractivity contribution in [1.82, 2.24) is 0 Å². The summed E-state index contributed by atoms with van der Waals surface area (Å²) in [6, 6.07) is 0. The lowest BCUT2D eigenvalue weighted by Gasteiger charge is -2.36. The highest BCUT2D eigenvalue weighted by Gasteiger charge is 2.31. The normalized spacial score (nSPS) is 21.6. The molecule has 0 bridgehead atoms. The van der Waals surface area contributed by atoms with Gasteiger partial charge in [0, 0.05) is 11.0 Å². The number of alkyl halides is 1. The average molecular weight is 324 g/mol. The molecule has 0 N–H and O–H groups in total. The monoisotopic (exact) mass is 324 g/mol. The van der Waals surface area contributed by atoms with Crippen LogP contribution in [0.1, 0.15) is 59.3 Å². The molecule has 0 aromatic carbocycles. The van der Waals surface area contributed by atoms with E-state index in [-0.39, 0.29) is 5.60 Å². The molecule has 0 unspecified atom stereocenters. The van der Waals surface area contributed by atoms with Crippen LogP contribution in [0, 0.1) is 5.41 Å². The SMILES string of the molecule is CC(C)(C)CCOC1(CI)CCCCC1. The fourth-order valence-corrected chi connectivity index (χ4v) is 3.07. The molecule has 15 heavy (non-hydrogen) atoms. The summed E-state index contributed by atoms with van der Waals surface area (Å²) in [4.78, 5) is 0. The molecule has 1 aliphatic rings. The quantitative estimate of drug-likeness (QED) is 0.543. The summed E-state index contributed by atoms with van der Waals surface area (Å²) in [6.45, 7) is 7.79. The summed E-state index contributed by atoms with van der Waals surface area (Å²) in [7, 11) is 0. The lowest BCUT2D eigenvalue weighted by Crippen LogP contribution is -2.37. The zero-order chi connectivity index (χ0) is 11.4. The third-order valence-corrected chi connectivity index (χ3v) is 4.66. The maximum atomic E-state index is 6.19. The highest BCUT2D eigenvalue weighted by Crippen LogP contribution is 2.34. The van der Waals surface area contributed by atoms with Gasteiger partial charge in [-0.2, -0.15) is 0 Å². The summed E-state index contributed by atoms with van der Waals surface area (Å²) < 4.78 is 7.35. The molecule has 1 saturated carbocycles. The fourth-order valence-electron chi connectivity index (χ4n) is 2.09. The van der Waals surface area contributed by atoms with Gasteiger partial charge in [-0.25, -0.2) is 0 Å². The van der Waals surface area contributed by atoms with Gasteiger partial charge in [0.15, 0.2) is 0 Å². The van der Waals surface area contributed by atoms with E-state index in [0.29, 0.717) is 5.41 Å². The predicted molar refractivity (Wildman–Crippen MR) is 74.7 cm³/mol. The molecular formula is C13H25IO. The molecular weight excluding hydrogens is 299 g/mol. The van der Waals surface area contributed by atoms with E-state index in [9.17, 15) is 0 Å². The zero-order valence-corrected chi connectivity index (χ0v) is 12.6. The van der Waals surface area contributed by atoms with Crippen molar-refractivity contribution in [2.24, 2.45) is 5.41 Å². The van der Waals surface area contributed by atoms with Crippen molar-refractivity contribution >= 4 is 22.6 Å². The Bertz CT molecular complexity index is 177. The maximum absolute atomic E-state index is 6.19. The Hall–Kier alpha value is 0.690. The summed E-state index contributed by atoms with van der Waals surface area (Å²) in [5.74, 6) is 0. The Labute approximate surface area is 108 Å².